The number of benzene rings is 1. The lowest BCUT2D eigenvalue weighted by Crippen LogP contribution is -2.03. The van der Waals surface area contributed by atoms with Gasteiger partial charge in [0.25, 0.3) is 0 Å². The summed E-state index contributed by atoms with van der Waals surface area (Å²) in [5.74, 6) is -0.442. The molecule has 0 heterocycles. The quantitative estimate of drug-likeness (QED) is 0.820. The first-order valence-electron chi connectivity index (χ1n) is 6.01. The molecule has 0 bridgehead atoms. The number of phenolic OH excluding ortho intramolecular Hbond substituents is 1. The number of hydrogen-bond donors (Lipinski definition) is 1. The molecule has 3 heteroatoms. The van der Waals surface area contributed by atoms with Gasteiger partial charge in [-0.3, -0.25) is 0 Å². The number of carbonyl (C=O) groups excluding carboxylic acids is 1. The van der Waals surface area contributed by atoms with Gasteiger partial charge in [-0.1, -0.05) is 33.3 Å². The summed E-state index contributed by atoms with van der Waals surface area (Å²) in [5, 5.41) is 9.85. The molecule has 0 amide bonds. The van der Waals surface area contributed by atoms with Gasteiger partial charge in [0.05, 0.1) is 7.11 Å². The Morgan fingerprint density at radius 3 is 2.41 bits per heavy atom. The topological polar surface area (TPSA) is 46.5 Å². The first-order valence-corrected chi connectivity index (χ1v) is 6.01. The molecule has 0 aliphatic rings. The molecule has 0 spiro atoms. The summed E-state index contributed by atoms with van der Waals surface area (Å²) in [6, 6.07) is 3.53. The van der Waals surface area contributed by atoms with Crippen molar-refractivity contribution < 1.29 is 14.6 Å². The van der Waals surface area contributed by atoms with Crippen LogP contribution in [0.4, 0.5) is 0 Å². The summed E-state index contributed by atoms with van der Waals surface area (Å²) >= 11 is 0. The van der Waals surface area contributed by atoms with Crippen LogP contribution in [0.2, 0.25) is 0 Å². The number of esters is 1. The van der Waals surface area contributed by atoms with Crippen LogP contribution in [0.25, 0.3) is 0 Å². The molecule has 1 aromatic carbocycles. The van der Waals surface area contributed by atoms with E-state index < -0.39 is 5.97 Å². The Bertz CT molecular complexity index is 370. The fourth-order valence-corrected chi connectivity index (χ4v) is 1.58. The minimum Gasteiger partial charge on any atom is -0.507 e. The third-order valence-electron chi connectivity index (χ3n) is 2.26. The highest BCUT2D eigenvalue weighted by Crippen LogP contribution is 2.26. The molecule has 0 aromatic heterocycles. The van der Waals surface area contributed by atoms with Gasteiger partial charge >= 0.3 is 5.97 Å². The summed E-state index contributed by atoms with van der Waals surface area (Å²) in [6.07, 6.45) is 1.69. The zero-order chi connectivity index (χ0) is 13.4. The molecule has 0 atom stereocenters. The SMILES string of the molecule is CC.CCCc1cc(C)cc(C(=O)OC)c1O. The Kier molecular flexibility index (Phi) is 7.03. The number of methoxy groups -OCH3 is 1. The molecule has 3 nitrogen and oxygen atoms in total. The van der Waals surface area contributed by atoms with Crippen LogP contribution in [0.3, 0.4) is 0 Å². The fraction of sp³-hybridized carbons (Fsp3) is 0.500. The molecular formula is C14H22O3. The predicted octanol–water partition coefficient (Wildman–Crippen LogP) is 3.47. The zero-order valence-electron chi connectivity index (χ0n) is 11.3. The zero-order valence-corrected chi connectivity index (χ0v) is 11.3. The molecule has 0 aliphatic heterocycles. The molecule has 1 rings (SSSR count). The summed E-state index contributed by atoms with van der Waals surface area (Å²) in [4.78, 5) is 11.4. The van der Waals surface area contributed by atoms with Gasteiger partial charge in [-0.05, 0) is 30.5 Å². The van der Waals surface area contributed by atoms with Crippen LogP contribution in [-0.4, -0.2) is 18.2 Å². The Labute approximate surface area is 103 Å². The summed E-state index contributed by atoms with van der Waals surface area (Å²) in [6.45, 7) is 7.92. The van der Waals surface area contributed by atoms with E-state index in [0.717, 1.165) is 24.0 Å². The number of rotatable bonds is 3. The first kappa shape index (κ1) is 15.5. The third kappa shape index (κ3) is 4.10. The Morgan fingerprint density at radius 1 is 1.35 bits per heavy atom. The first-order chi connectivity index (χ1) is 8.10. The van der Waals surface area contributed by atoms with Crippen molar-refractivity contribution in [3.63, 3.8) is 0 Å². The second-order valence-electron chi connectivity index (χ2n) is 3.56. The van der Waals surface area contributed by atoms with Crippen molar-refractivity contribution in [1.29, 1.82) is 0 Å². The Morgan fingerprint density at radius 2 is 1.94 bits per heavy atom. The number of aromatic hydroxyl groups is 1. The van der Waals surface area contributed by atoms with Gasteiger partial charge in [0.2, 0.25) is 0 Å². The highest BCUT2D eigenvalue weighted by molar-refractivity contribution is 5.93. The molecule has 0 aliphatic carbocycles. The normalized spacial score (nSPS) is 9.24. The van der Waals surface area contributed by atoms with Crippen molar-refractivity contribution in [3.05, 3.63) is 28.8 Å². The van der Waals surface area contributed by atoms with Gasteiger partial charge in [-0.25, -0.2) is 4.79 Å². The molecule has 0 saturated carbocycles. The lowest BCUT2D eigenvalue weighted by Gasteiger charge is -2.09. The third-order valence-corrected chi connectivity index (χ3v) is 2.26. The smallest absolute Gasteiger partial charge is 0.341 e. The molecular weight excluding hydrogens is 216 g/mol. The van der Waals surface area contributed by atoms with Crippen molar-refractivity contribution >= 4 is 5.97 Å². The van der Waals surface area contributed by atoms with E-state index >= 15 is 0 Å². The molecule has 1 aromatic rings. The van der Waals surface area contributed by atoms with Crippen molar-refractivity contribution in [3.8, 4) is 5.75 Å². The van der Waals surface area contributed by atoms with Crippen LogP contribution in [0.15, 0.2) is 12.1 Å². The van der Waals surface area contributed by atoms with E-state index in [0.29, 0.717) is 0 Å². The average Bonchev–Trinajstić information content (AvgIpc) is 2.35. The van der Waals surface area contributed by atoms with Crippen molar-refractivity contribution in [2.45, 2.75) is 40.5 Å². The van der Waals surface area contributed by atoms with Crippen LogP contribution < -0.4 is 0 Å². The van der Waals surface area contributed by atoms with Gasteiger partial charge in [0, 0.05) is 0 Å². The maximum absolute atomic E-state index is 11.4. The van der Waals surface area contributed by atoms with E-state index in [1.807, 2.05) is 33.8 Å². The summed E-state index contributed by atoms with van der Waals surface area (Å²) in [5.41, 5.74) is 2.01. The largest absolute Gasteiger partial charge is 0.507 e. The predicted molar refractivity (Wildman–Crippen MR) is 69.5 cm³/mol. The molecule has 0 unspecified atom stereocenters. The van der Waals surface area contributed by atoms with E-state index in [9.17, 15) is 9.90 Å². The van der Waals surface area contributed by atoms with Gasteiger partial charge < -0.3 is 9.84 Å². The van der Waals surface area contributed by atoms with Crippen molar-refractivity contribution in [2.75, 3.05) is 7.11 Å². The van der Waals surface area contributed by atoms with Crippen molar-refractivity contribution in [1.82, 2.24) is 0 Å². The molecule has 0 fully saturated rings. The van der Waals surface area contributed by atoms with Crippen LogP contribution >= 0.6 is 0 Å². The highest BCUT2D eigenvalue weighted by Gasteiger charge is 2.15. The lowest BCUT2D eigenvalue weighted by atomic mass is 10.0. The minimum atomic E-state index is -0.492. The number of ether oxygens (including phenoxy) is 1. The molecule has 96 valence electrons. The minimum absolute atomic E-state index is 0.0503. The Hall–Kier alpha value is -1.51. The fourth-order valence-electron chi connectivity index (χ4n) is 1.58. The van der Waals surface area contributed by atoms with Crippen LogP contribution in [-0.2, 0) is 11.2 Å². The second-order valence-corrected chi connectivity index (χ2v) is 3.56. The van der Waals surface area contributed by atoms with Gasteiger partial charge in [-0.2, -0.15) is 0 Å². The number of phenols is 1. The number of carbonyl (C=O) groups is 1. The molecule has 0 saturated heterocycles. The monoisotopic (exact) mass is 238 g/mol. The summed E-state index contributed by atoms with van der Waals surface area (Å²) in [7, 11) is 1.31. The van der Waals surface area contributed by atoms with Crippen LogP contribution in [0, 0.1) is 6.92 Å². The number of hydrogen-bond acceptors (Lipinski definition) is 3. The van der Waals surface area contributed by atoms with E-state index in [-0.39, 0.29) is 11.3 Å². The van der Waals surface area contributed by atoms with Gasteiger partial charge in [-0.15, -0.1) is 0 Å². The molecule has 17 heavy (non-hydrogen) atoms. The van der Waals surface area contributed by atoms with Gasteiger partial charge in [0.1, 0.15) is 11.3 Å². The van der Waals surface area contributed by atoms with E-state index in [1.165, 1.54) is 7.11 Å². The highest BCUT2D eigenvalue weighted by atomic mass is 16.5. The average molecular weight is 238 g/mol. The van der Waals surface area contributed by atoms with Crippen LogP contribution in [0.1, 0.15) is 48.7 Å². The van der Waals surface area contributed by atoms with E-state index in [4.69, 9.17) is 0 Å². The maximum atomic E-state index is 11.4. The molecule has 0 radical (unpaired) electrons. The lowest BCUT2D eigenvalue weighted by molar-refractivity contribution is 0.0597. The number of aryl methyl sites for hydroxylation is 2. The van der Waals surface area contributed by atoms with E-state index in [1.54, 1.807) is 6.07 Å². The van der Waals surface area contributed by atoms with Crippen LogP contribution in [0.5, 0.6) is 5.75 Å². The second kappa shape index (κ2) is 7.71. The summed E-state index contributed by atoms with van der Waals surface area (Å²) < 4.78 is 4.61. The van der Waals surface area contributed by atoms with E-state index in [2.05, 4.69) is 4.74 Å². The van der Waals surface area contributed by atoms with Gasteiger partial charge in [0.15, 0.2) is 0 Å². The maximum Gasteiger partial charge on any atom is 0.341 e. The molecule has 1 N–H and O–H groups in total. The Balaban J connectivity index is 0.00000121. The standard InChI is InChI=1S/C12H16O3.C2H6/c1-4-5-9-6-8(2)7-10(11(9)13)12(14)15-3;1-2/h6-7,13H,4-5H2,1-3H3;1-2H3. The van der Waals surface area contributed by atoms with Crippen molar-refractivity contribution in [2.24, 2.45) is 0 Å².